The molecule has 0 saturated carbocycles. The number of nitrogens with zero attached hydrogens (tertiary/aromatic N) is 2. The van der Waals surface area contributed by atoms with Crippen LogP contribution in [0.15, 0.2) is 67.3 Å². The molecule has 3 aromatic rings. The summed E-state index contributed by atoms with van der Waals surface area (Å²) >= 11 is 0. The van der Waals surface area contributed by atoms with Crippen LogP contribution in [0, 0.1) is 11.3 Å². The lowest BCUT2D eigenvalue weighted by Gasteiger charge is -2.02. The van der Waals surface area contributed by atoms with Crippen molar-refractivity contribution in [3.63, 3.8) is 0 Å². The topological polar surface area (TPSA) is 45.8 Å². The highest BCUT2D eigenvalue weighted by Gasteiger charge is 2.20. The molecule has 0 unspecified atom stereocenters. The Morgan fingerprint density at radius 2 is 1.76 bits per heavy atom. The lowest BCUT2D eigenvalue weighted by Crippen LogP contribution is -2.09. The number of hydrogen-bond donors (Lipinski definition) is 0. The number of para-hydroxylation sites is 1. The molecule has 1 aromatic heterocycles. The Hall–Kier alpha value is -3.12. The van der Waals surface area contributed by atoms with E-state index < -0.39 is 0 Å². The van der Waals surface area contributed by atoms with Crippen LogP contribution in [-0.2, 0) is 0 Å². The fourth-order valence-corrected chi connectivity index (χ4v) is 2.56. The van der Waals surface area contributed by atoms with Crippen molar-refractivity contribution in [3.8, 4) is 17.2 Å². The van der Waals surface area contributed by atoms with Gasteiger partial charge in [-0.15, -0.1) is 0 Å². The number of carbonyl (C=O) groups excluding carboxylic acids is 1. The molecular formula is C18H12N2O. The van der Waals surface area contributed by atoms with E-state index in [9.17, 15) is 10.1 Å². The van der Waals surface area contributed by atoms with Crippen molar-refractivity contribution < 1.29 is 4.79 Å². The van der Waals surface area contributed by atoms with Gasteiger partial charge in [0.05, 0.1) is 5.52 Å². The molecule has 1 heterocycles. The molecule has 0 bridgehead atoms. The van der Waals surface area contributed by atoms with Gasteiger partial charge in [0.15, 0.2) is 0 Å². The summed E-state index contributed by atoms with van der Waals surface area (Å²) in [5.74, 6) is -0.301. The van der Waals surface area contributed by atoms with Crippen LogP contribution < -0.4 is 0 Å². The monoisotopic (exact) mass is 272 g/mol. The number of nitriles is 1. The number of hydrogen-bond acceptors (Lipinski definition) is 2. The summed E-state index contributed by atoms with van der Waals surface area (Å²) in [5, 5.41) is 10.4. The van der Waals surface area contributed by atoms with Crippen molar-refractivity contribution >= 4 is 16.8 Å². The molecule has 3 rings (SSSR count). The van der Waals surface area contributed by atoms with Crippen molar-refractivity contribution in [2.45, 2.75) is 0 Å². The fraction of sp³-hybridized carbons (Fsp3) is 0. The van der Waals surface area contributed by atoms with Crippen molar-refractivity contribution in [2.75, 3.05) is 0 Å². The van der Waals surface area contributed by atoms with Crippen LogP contribution in [-0.4, -0.2) is 10.5 Å². The quantitative estimate of drug-likeness (QED) is 0.662. The van der Waals surface area contributed by atoms with Gasteiger partial charge in [0.1, 0.15) is 11.8 Å². The maximum atomic E-state index is 12.1. The second-order valence-corrected chi connectivity index (χ2v) is 4.60. The summed E-state index contributed by atoms with van der Waals surface area (Å²) in [6, 6.07) is 19.3. The molecule has 0 spiro atoms. The molecule has 3 nitrogen and oxygen atoms in total. The molecule has 0 aliphatic carbocycles. The number of aromatic nitrogens is 1. The van der Waals surface area contributed by atoms with E-state index in [1.165, 1.54) is 10.6 Å². The average Bonchev–Trinajstić information content (AvgIpc) is 2.89. The molecule has 21 heavy (non-hydrogen) atoms. The van der Waals surface area contributed by atoms with E-state index >= 15 is 0 Å². The largest absolute Gasteiger partial charge is 0.269 e. The van der Waals surface area contributed by atoms with E-state index in [1.54, 1.807) is 0 Å². The second-order valence-electron chi connectivity index (χ2n) is 4.60. The van der Waals surface area contributed by atoms with Crippen LogP contribution in [0.3, 0.4) is 0 Å². The molecule has 0 aliphatic heterocycles. The summed E-state index contributed by atoms with van der Waals surface area (Å²) in [4.78, 5) is 12.1. The van der Waals surface area contributed by atoms with Crippen molar-refractivity contribution in [3.05, 3.63) is 72.9 Å². The summed E-state index contributed by atoms with van der Waals surface area (Å²) in [7, 11) is 0. The maximum Gasteiger partial charge on any atom is 0.255 e. The summed E-state index contributed by atoms with van der Waals surface area (Å²) in [5.41, 5.74) is 2.76. The van der Waals surface area contributed by atoms with Crippen molar-refractivity contribution in [1.29, 1.82) is 5.26 Å². The van der Waals surface area contributed by atoms with E-state index in [0.717, 1.165) is 22.0 Å². The molecule has 0 fully saturated rings. The van der Waals surface area contributed by atoms with Crippen molar-refractivity contribution in [1.82, 2.24) is 4.57 Å². The zero-order chi connectivity index (χ0) is 14.8. The smallest absolute Gasteiger partial charge is 0.255 e. The van der Waals surface area contributed by atoms with Gasteiger partial charge in [0.25, 0.3) is 5.91 Å². The minimum absolute atomic E-state index is 0.301. The first-order valence-corrected chi connectivity index (χ1v) is 6.53. The Morgan fingerprint density at radius 1 is 1.10 bits per heavy atom. The highest BCUT2D eigenvalue weighted by Crippen LogP contribution is 2.34. The molecule has 0 amide bonds. The van der Waals surface area contributed by atoms with E-state index in [2.05, 4.69) is 12.6 Å². The highest BCUT2D eigenvalue weighted by molar-refractivity contribution is 6.07. The SMILES string of the molecule is C=CC(=O)n1c(C#N)c(-c2ccccc2)c2ccccc21. The molecule has 3 heteroatoms. The fourth-order valence-electron chi connectivity index (χ4n) is 2.56. The van der Waals surface area contributed by atoms with Crippen LogP contribution in [0.4, 0.5) is 0 Å². The van der Waals surface area contributed by atoms with Crippen LogP contribution in [0.2, 0.25) is 0 Å². The van der Waals surface area contributed by atoms with Gasteiger partial charge in [0, 0.05) is 10.9 Å². The first-order valence-electron chi connectivity index (χ1n) is 6.53. The minimum Gasteiger partial charge on any atom is -0.269 e. The van der Waals surface area contributed by atoms with Gasteiger partial charge >= 0.3 is 0 Å². The zero-order valence-corrected chi connectivity index (χ0v) is 11.3. The predicted molar refractivity (Wildman–Crippen MR) is 82.9 cm³/mol. The standard InChI is InChI=1S/C18H12N2O/c1-2-17(21)20-15-11-7-6-10-14(15)18(16(20)12-19)13-8-4-3-5-9-13/h2-11H,1H2. The third-order valence-electron chi connectivity index (χ3n) is 3.44. The van der Waals surface area contributed by atoms with Crippen LogP contribution in [0.1, 0.15) is 10.5 Å². The van der Waals surface area contributed by atoms with Gasteiger partial charge < -0.3 is 0 Å². The summed E-state index contributed by atoms with van der Waals surface area (Å²) < 4.78 is 1.42. The third kappa shape index (κ3) is 1.94. The second kappa shape index (κ2) is 5.10. The number of fused-ring (bicyclic) bond motifs is 1. The normalized spacial score (nSPS) is 10.2. The minimum atomic E-state index is -0.301. The molecule has 0 N–H and O–H groups in total. The number of carbonyl (C=O) groups is 1. The predicted octanol–water partition coefficient (Wildman–Crippen LogP) is 4.01. The third-order valence-corrected chi connectivity index (χ3v) is 3.44. The zero-order valence-electron chi connectivity index (χ0n) is 11.3. The number of benzene rings is 2. The first kappa shape index (κ1) is 12.9. The summed E-state index contributed by atoms with van der Waals surface area (Å²) in [6.45, 7) is 3.52. The van der Waals surface area contributed by atoms with Gasteiger partial charge in [-0.3, -0.25) is 9.36 Å². The van der Waals surface area contributed by atoms with Gasteiger partial charge in [-0.2, -0.15) is 5.26 Å². The molecule has 0 atom stereocenters. The van der Waals surface area contributed by atoms with Gasteiger partial charge in [-0.1, -0.05) is 55.1 Å². The van der Waals surface area contributed by atoms with E-state index in [-0.39, 0.29) is 5.91 Å². The van der Waals surface area contributed by atoms with E-state index in [1.807, 2.05) is 54.6 Å². The molecule has 0 aliphatic rings. The van der Waals surface area contributed by atoms with Gasteiger partial charge in [-0.05, 0) is 17.7 Å². The van der Waals surface area contributed by atoms with Crippen LogP contribution in [0.5, 0.6) is 0 Å². The Balaban J connectivity index is 2.48. The Labute approximate surface area is 122 Å². The lowest BCUT2D eigenvalue weighted by molar-refractivity contribution is 0.0973. The van der Waals surface area contributed by atoms with E-state index in [0.29, 0.717) is 5.69 Å². The molecule has 100 valence electrons. The van der Waals surface area contributed by atoms with E-state index in [4.69, 9.17) is 0 Å². The maximum absolute atomic E-state index is 12.1. The Morgan fingerprint density at radius 3 is 2.43 bits per heavy atom. The highest BCUT2D eigenvalue weighted by atomic mass is 16.1. The molecule has 2 aromatic carbocycles. The first-order chi connectivity index (χ1) is 10.3. The van der Waals surface area contributed by atoms with Gasteiger partial charge in [-0.25, -0.2) is 0 Å². The van der Waals surface area contributed by atoms with Crippen LogP contribution in [0.25, 0.3) is 22.0 Å². The van der Waals surface area contributed by atoms with Crippen LogP contribution >= 0.6 is 0 Å². The Kier molecular flexibility index (Phi) is 3.13. The number of rotatable bonds is 2. The van der Waals surface area contributed by atoms with Gasteiger partial charge in [0.2, 0.25) is 0 Å². The average molecular weight is 272 g/mol. The molecular weight excluding hydrogens is 260 g/mol. The lowest BCUT2D eigenvalue weighted by atomic mass is 10.0. The molecule has 0 saturated heterocycles. The Bertz CT molecular complexity index is 883. The molecule has 0 radical (unpaired) electrons. The summed E-state index contributed by atoms with van der Waals surface area (Å²) in [6.07, 6.45) is 1.22. The van der Waals surface area contributed by atoms with Crippen molar-refractivity contribution in [2.24, 2.45) is 0 Å². The number of allylic oxidation sites excluding steroid dienone is 1.